The number of rotatable bonds is 3. The van der Waals surface area contributed by atoms with Gasteiger partial charge in [-0.2, -0.15) is 11.8 Å². The molecule has 1 fully saturated rings. The Labute approximate surface area is 108 Å². The molecular formula is C12H23NO3S. The number of thioether (sulfide) groups is 1. The van der Waals surface area contributed by atoms with Gasteiger partial charge >= 0.3 is 5.97 Å². The molecule has 1 heterocycles. The van der Waals surface area contributed by atoms with Gasteiger partial charge in [0.2, 0.25) is 0 Å². The van der Waals surface area contributed by atoms with E-state index in [0.29, 0.717) is 6.54 Å². The molecule has 1 atom stereocenters. The zero-order chi connectivity index (χ0) is 13.1. The molecular weight excluding hydrogens is 238 g/mol. The van der Waals surface area contributed by atoms with Crippen LogP contribution in [0.3, 0.4) is 0 Å². The fourth-order valence-corrected chi connectivity index (χ4v) is 3.08. The predicted octanol–water partition coefficient (Wildman–Crippen LogP) is 1.13. The van der Waals surface area contributed by atoms with Gasteiger partial charge in [0.05, 0.1) is 7.11 Å². The van der Waals surface area contributed by atoms with Crippen LogP contribution in [-0.4, -0.2) is 58.8 Å². The number of methoxy groups -OCH3 is 1. The molecule has 0 aliphatic carbocycles. The first-order chi connectivity index (χ1) is 7.77. The van der Waals surface area contributed by atoms with Crippen molar-refractivity contribution < 1.29 is 14.6 Å². The maximum absolute atomic E-state index is 11.4. The Morgan fingerprint density at radius 1 is 1.53 bits per heavy atom. The lowest BCUT2D eigenvalue weighted by molar-refractivity contribution is -0.162. The lowest BCUT2D eigenvalue weighted by atomic mass is 10.1. The average Bonchev–Trinajstić information content (AvgIpc) is 2.38. The van der Waals surface area contributed by atoms with Gasteiger partial charge in [0, 0.05) is 23.6 Å². The van der Waals surface area contributed by atoms with E-state index in [4.69, 9.17) is 0 Å². The van der Waals surface area contributed by atoms with Crippen LogP contribution in [0.5, 0.6) is 0 Å². The van der Waals surface area contributed by atoms with Crippen molar-refractivity contribution in [2.75, 3.05) is 32.5 Å². The standard InChI is InChI=1S/C12H23NO3S/c1-11(2)5-6-13(7-8-17-11)9-12(3,15)10(14)16-4/h15H,5-9H2,1-4H3. The van der Waals surface area contributed by atoms with Gasteiger partial charge in [0.15, 0.2) is 5.60 Å². The summed E-state index contributed by atoms with van der Waals surface area (Å²) in [5, 5.41) is 10.0. The summed E-state index contributed by atoms with van der Waals surface area (Å²) in [6.07, 6.45) is 1.06. The predicted molar refractivity (Wildman–Crippen MR) is 70.2 cm³/mol. The van der Waals surface area contributed by atoms with E-state index in [0.717, 1.165) is 25.3 Å². The third kappa shape index (κ3) is 4.48. The number of aliphatic hydroxyl groups is 1. The van der Waals surface area contributed by atoms with E-state index in [-0.39, 0.29) is 4.75 Å². The molecule has 0 radical (unpaired) electrons. The SMILES string of the molecule is COC(=O)C(C)(O)CN1CCSC(C)(C)CC1. The molecule has 1 saturated heterocycles. The number of hydrogen-bond donors (Lipinski definition) is 1. The molecule has 0 amide bonds. The van der Waals surface area contributed by atoms with Crippen molar-refractivity contribution in [3.63, 3.8) is 0 Å². The first-order valence-corrected chi connectivity index (χ1v) is 6.92. The number of carbonyl (C=O) groups excluding carboxylic acids is 1. The normalized spacial score (nSPS) is 24.8. The van der Waals surface area contributed by atoms with Crippen LogP contribution in [-0.2, 0) is 9.53 Å². The second-order valence-electron chi connectivity index (χ2n) is 5.40. The molecule has 5 heteroatoms. The van der Waals surface area contributed by atoms with Gasteiger partial charge in [-0.15, -0.1) is 0 Å². The fourth-order valence-electron chi connectivity index (χ4n) is 1.94. The van der Waals surface area contributed by atoms with Crippen molar-refractivity contribution in [1.82, 2.24) is 4.90 Å². The minimum Gasteiger partial charge on any atom is -0.467 e. The van der Waals surface area contributed by atoms with Gasteiger partial charge in [0.25, 0.3) is 0 Å². The van der Waals surface area contributed by atoms with Crippen LogP contribution >= 0.6 is 11.8 Å². The topological polar surface area (TPSA) is 49.8 Å². The van der Waals surface area contributed by atoms with Crippen LogP contribution in [0.1, 0.15) is 27.2 Å². The quantitative estimate of drug-likeness (QED) is 0.772. The molecule has 17 heavy (non-hydrogen) atoms. The maximum atomic E-state index is 11.4. The van der Waals surface area contributed by atoms with Gasteiger partial charge in [-0.25, -0.2) is 4.79 Å². The lowest BCUT2D eigenvalue weighted by Gasteiger charge is -2.28. The number of hydrogen-bond acceptors (Lipinski definition) is 5. The Morgan fingerprint density at radius 3 is 2.76 bits per heavy atom. The van der Waals surface area contributed by atoms with E-state index in [2.05, 4.69) is 23.5 Å². The molecule has 0 bridgehead atoms. The van der Waals surface area contributed by atoms with Gasteiger partial charge in [-0.05, 0) is 19.9 Å². The van der Waals surface area contributed by atoms with Crippen LogP contribution in [0.4, 0.5) is 0 Å². The fraction of sp³-hybridized carbons (Fsp3) is 0.917. The first kappa shape index (κ1) is 14.8. The van der Waals surface area contributed by atoms with Crippen molar-refractivity contribution in [2.24, 2.45) is 0 Å². The summed E-state index contributed by atoms with van der Waals surface area (Å²) in [6, 6.07) is 0. The van der Waals surface area contributed by atoms with Crippen LogP contribution in [0.2, 0.25) is 0 Å². The monoisotopic (exact) mass is 261 g/mol. The number of nitrogens with zero attached hydrogens (tertiary/aromatic N) is 1. The van der Waals surface area contributed by atoms with Gasteiger partial charge in [-0.3, -0.25) is 4.90 Å². The van der Waals surface area contributed by atoms with Crippen molar-refractivity contribution in [3.05, 3.63) is 0 Å². The Bertz CT molecular complexity index is 279. The van der Waals surface area contributed by atoms with Crippen molar-refractivity contribution in [3.8, 4) is 0 Å². The van der Waals surface area contributed by atoms with E-state index >= 15 is 0 Å². The smallest absolute Gasteiger partial charge is 0.338 e. The first-order valence-electron chi connectivity index (χ1n) is 5.94. The van der Waals surface area contributed by atoms with E-state index < -0.39 is 11.6 Å². The largest absolute Gasteiger partial charge is 0.467 e. The van der Waals surface area contributed by atoms with Crippen LogP contribution < -0.4 is 0 Å². The number of esters is 1. The van der Waals surface area contributed by atoms with Crippen molar-refractivity contribution >= 4 is 17.7 Å². The number of β-amino-alcohol motifs (C(OH)–C–C–N with tert-alkyl or cyclic N) is 1. The average molecular weight is 261 g/mol. The van der Waals surface area contributed by atoms with Crippen LogP contribution in [0, 0.1) is 0 Å². The molecule has 1 unspecified atom stereocenters. The zero-order valence-corrected chi connectivity index (χ0v) is 12.0. The minimum atomic E-state index is -1.41. The van der Waals surface area contributed by atoms with E-state index in [1.807, 2.05) is 11.8 Å². The highest BCUT2D eigenvalue weighted by Gasteiger charge is 2.35. The summed E-state index contributed by atoms with van der Waals surface area (Å²) < 4.78 is 4.89. The minimum absolute atomic E-state index is 0.284. The molecule has 0 aromatic carbocycles. The Morgan fingerprint density at radius 2 is 2.18 bits per heavy atom. The summed E-state index contributed by atoms with van der Waals surface area (Å²) in [5.74, 6) is 0.471. The molecule has 4 nitrogen and oxygen atoms in total. The summed E-state index contributed by atoms with van der Waals surface area (Å²) >= 11 is 1.95. The second kappa shape index (κ2) is 5.59. The molecule has 0 aromatic rings. The lowest BCUT2D eigenvalue weighted by Crippen LogP contribution is -2.48. The Hall–Kier alpha value is -0.260. The van der Waals surface area contributed by atoms with Gasteiger partial charge in [0.1, 0.15) is 0 Å². The number of carbonyl (C=O) groups is 1. The molecule has 1 aliphatic heterocycles. The molecule has 0 aromatic heterocycles. The summed E-state index contributed by atoms with van der Waals surface area (Å²) in [4.78, 5) is 13.6. The highest BCUT2D eigenvalue weighted by molar-refractivity contribution is 8.00. The van der Waals surface area contributed by atoms with Crippen LogP contribution in [0.25, 0.3) is 0 Å². The molecule has 1 rings (SSSR count). The highest BCUT2D eigenvalue weighted by Crippen LogP contribution is 2.31. The third-order valence-corrected chi connectivity index (χ3v) is 4.46. The third-order valence-electron chi connectivity index (χ3n) is 3.09. The highest BCUT2D eigenvalue weighted by atomic mass is 32.2. The summed E-state index contributed by atoms with van der Waals surface area (Å²) in [6.45, 7) is 8.14. The molecule has 1 N–H and O–H groups in total. The van der Waals surface area contributed by atoms with Crippen LogP contribution in [0.15, 0.2) is 0 Å². The van der Waals surface area contributed by atoms with Gasteiger partial charge < -0.3 is 9.84 Å². The summed E-state index contributed by atoms with van der Waals surface area (Å²) in [5.41, 5.74) is -1.41. The van der Waals surface area contributed by atoms with E-state index in [9.17, 15) is 9.90 Å². The van der Waals surface area contributed by atoms with Crippen molar-refractivity contribution in [2.45, 2.75) is 37.5 Å². The Kier molecular flexibility index (Phi) is 4.86. The Balaban J connectivity index is 2.55. The van der Waals surface area contributed by atoms with E-state index in [1.165, 1.54) is 14.0 Å². The second-order valence-corrected chi connectivity index (χ2v) is 7.20. The van der Waals surface area contributed by atoms with E-state index in [1.54, 1.807) is 0 Å². The molecule has 100 valence electrons. The molecule has 0 spiro atoms. The zero-order valence-electron chi connectivity index (χ0n) is 11.2. The summed E-state index contributed by atoms with van der Waals surface area (Å²) in [7, 11) is 1.30. The van der Waals surface area contributed by atoms with Gasteiger partial charge in [-0.1, -0.05) is 13.8 Å². The molecule has 1 aliphatic rings. The molecule has 0 saturated carbocycles. The number of ether oxygens (including phenoxy) is 1. The van der Waals surface area contributed by atoms with Crippen molar-refractivity contribution in [1.29, 1.82) is 0 Å². The maximum Gasteiger partial charge on any atom is 0.338 e.